The number of rotatable bonds is 3. The molecular formula is C9H12ClN3OZn+2. The minimum Gasteiger partial charge on any atom is -1.00 e. The van der Waals surface area contributed by atoms with Crippen LogP contribution < -0.4 is 17.3 Å². The van der Waals surface area contributed by atoms with Gasteiger partial charge in [-0.15, -0.1) is 0 Å². The van der Waals surface area contributed by atoms with E-state index in [1.165, 1.54) is 0 Å². The van der Waals surface area contributed by atoms with Crippen LogP contribution in [0.3, 0.4) is 0 Å². The molecule has 0 saturated heterocycles. The molecule has 0 heterocycles. The number of benzene rings is 1. The summed E-state index contributed by atoms with van der Waals surface area (Å²) < 4.78 is 0. The molecule has 0 fully saturated rings. The molecule has 0 bridgehead atoms. The number of anilines is 1. The van der Waals surface area contributed by atoms with Gasteiger partial charge in [0.2, 0.25) is 5.39 Å². The minimum absolute atomic E-state index is 0. The first-order valence-electron chi connectivity index (χ1n) is 4.05. The van der Waals surface area contributed by atoms with Crippen LogP contribution in [-0.4, -0.2) is 25.3 Å². The van der Waals surface area contributed by atoms with Crippen LogP contribution in [0, 0.1) is 5.39 Å². The summed E-state index contributed by atoms with van der Waals surface area (Å²) in [4.78, 5) is 4.97. The summed E-state index contributed by atoms with van der Waals surface area (Å²) in [5.74, 6) is 0. The summed E-state index contributed by atoms with van der Waals surface area (Å²) in [7, 11) is 1.89. The molecular weight excluding hydrogens is 267 g/mol. The van der Waals surface area contributed by atoms with Crippen LogP contribution in [0.2, 0.25) is 0 Å². The predicted molar refractivity (Wildman–Crippen MR) is 51.5 cm³/mol. The van der Waals surface area contributed by atoms with Gasteiger partial charge >= 0.3 is 25.2 Å². The molecule has 0 aromatic heterocycles. The van der Waals surface area contributed by atoms with Gasteiger partial charge in [0.05, 0.1) is 6.61 Å². The molecule has 0 saturated carbocycles. The molecule has 0 atom stereocenters. The molecule has 0 aliphatic heterocycles. The van der Waals surface area contributed by atoms with E-state index in [-0.39, 0.29) is 38.5 Å². The number of hydrogen-bond donors (Lipinski definition) is 1. The summed E-state index contributed by atoms with van der Waals surface area (Å²) in [5.41, 5.74) is 1.52. The van der Waals surface area contributed by atoms with Crippen LogP contribution in [-0.2, 0) is 19.5 Å². The molecule has 0 amide bonds. The van der Waals surface area contributed by atoms with E-state index in [2.05, 4.69) is 4.98 Å². The Morgan fingerprint density at radius 1 is 1.33 bits per heavy atom. The largest absolute Gasteiger partial charge is 2.00 e. The standard InChI is InChI=1S/C9H12N3O.ClH.Zn/c1-12(6-7-13)9-4-2-8(11-10)3-5-9;;/h2-5,13H,6-7H2,1H3;1H;/q+1;;+2/p-1. The molecule has 76 valence electrons. The van der Waals surface area contributed by atoms with E-state index in [0.29, 0.717) is 12.2 Å². The van der Waals surface area contributed by atoms with Gasteiger partial charge in [-0.3, -0.25) is 0 Å². The first-order valence-corrected chi connectivity index (χ1v) is 4.05. The van der Waals surface area contributed by atoms with Crippen molar-refractivity contribution in [2.45, 2.75) is 0 Å². The van der Waals surface area contributed by atoms with Crippen LogP contribution in [0.5, 0.6) is 0 Å². The topological polar surface area (TPSA) is 51.6 Å². The second-order valence-corrected chi connectivity index (χ2v) is 2.76. The number of aliphatic hydroxyl groups excluding tert-OH is 1. The van der Waals surface area contributed by atoms with Gasteiger partial charge in [0, 0.05) is 31.4 Å². The van der Waals surface area contributed by atoms with Crippen molar-refractivity contribution in [3.8, 4) is 0 Å². The van der Waals surface area contributed by atoms with Gasteiger partial charge in [-0.1, -0.05) is 0 Å². The smallest absolute Gasteiger partial charge is 1.00 e. The van der Waals surface area contributed by atoms with Crippen molar-refractivity contribution in [1.82, 2.24) is 0 Å². The Morgan fingerprint density at radius 2 is 1.87 bits per heavy atom. The molecule has 6 heteroatoms. The zero-order chi connectivity index (χ0) is 9.68. The molecule has 0 unspecified atom stereocenters. The van der Waals surface area contributed by atoms with Gasteiger partial charge in [0.15, 0.2) is 4.98 Å². The monoisotopic (exact) mass is 277 g/mol. The molecule has 15 heavy (non-hydrogen) atoms. The molecule has 1 aromatic rings. The number of hydrogen-bond acceptors (Lipinski definition) is 3. The number of likely N-dealkylation sites (N-methyl/N-ethyl adjacent to an activating group) is 1. The molecule has 0 aliphatic carbocycles. The predicted octanol–water partition coefficient (Wildman–Crippen LogP) is -1.40. The third kappa shape index (κ3) is 5.08. The van der Waals surface area contributed by atoms with E-state index < -0.39 is 0 Å². The third-order valence-electron chi connectivity index (χ3n) is 1.84. The van der Waals surface area contributed by atoms with Gasteiger partial charge < -0.3 is 22.4 Å². The van der Waals surface area contributed by atoms with Crippen molar-refractivity contribution in [2.24, 2.45) is 0 Å². The van der Waals surface area contributed by atoms with E-state index in [1.807, 2.05) is 24.1 Å². The van der Waals surface area contributed by atoms with Crippen LogP contribution in [0.25, 0.3) is 4.98 Å². The maximum absolute atomic E-state index is 8.70. The molecule has 1 N–H and O–H groups in total. The summed E-state index contributed by atoms with van der Waals surface area (Å²) >= 11 is 0. The van der Waals surface area contributed by atoms with Crippen LogP contribution in [0.1, 0.15) is 0 Å². The quantitative estimate of drug-likeness (QED) is 0.547. The summed E-state index contributed by atoms with van der Waals surface area (Å²) in [6.07, 6.45) is 0. The number of nitrogens with zero attached hydrogens (tertiary/aromatic N) is 3. The molecule has 0 aliphatic rings. The average molecular weight is 279 g/mol. The Balaban J connectivity index is 0. The summed E-state index contributed by atoms with van der Waals surface area (Å²) in [5, 5.41) is 17.1. The van der Waals surface area contributed by atoms with E-state index in [1.54, 1.807) is 12.1 Å². The fourth-order valence-corrected chi connectivity index (χ4v) is 1.05. The van der Waals surface area contributed by atoms with Crippen molar-refractivity contribution in [3.05, 3.63) is 29.2 Å². The third-order valence-corrected chi connectivity index (χ3v) is 1.84. The van der Waals surface area contributed by atoms with Crippen LogP contribution in [0.4, 0.5) is 11.4 Å². The average Bonchev–Trinajstić information content (AvgIpc) is 2.18. The zero-order valence-electron chi connectivity index (χ0n) is 8.60. The van der Waals surface area contributed by atoms with E-state index in [4.69, 9.17) is 10.5 Å². The van der Waals surface area contributed by atoms with Crippen molar-refractivity contribution < 1.29 is 37.0 Å². The fraction of sp³-hybridized carbons (Fsp3) is 0.333. The Hall–Kier alpha value is -0.687. The van der Waals surface area contributed by atoms with Gasteiger partial charge in [-0.2, -0.15) is 0 Å². The number of diazo groups is 1. The number of aliphatic hydroxyl groups is 1. The van der Waals surface area contributed by atoms with E-state index in [0.717, 1.165) is 5.69 Å². The van der Waals surface area contributed by atoms with Crippen LogP contribution in [0.15, 0.2) is 24.3 Å². The molecule has 1 aromatic carbocycles. The van der Waals surface area contributed by atoms with Gasteiger partial charge in [-0.05, 0) is 12.1 Å². The molecule has 4 nitrogen and oxygen atoms in total. The Kier molecular flexibility index (Phi) is 9.60. The van der Waals surface area contributed by atoms with Crippen molar-refractivity contribution in [3.63, 3.8) is 0 Å². The minimum atomic E-state index is 0. The Labute approximate surface area is 108 Å². The van der Waals surface area contributed by atoms with Gasteiger partial charge in [0.25, 0.3) is 0 Å². The second-order valence-electron chi connectivity index (χ2n) is 2.76. The van der Waals surface area contributed by atoms with E-state index in [9.17, 15) is 0 Å². The summed E-state index contributed by atoms with van der Waals surface area (Å²) in [6, 6.07) is 7.10. The van der Waals surface area contributed by atoms with Crippen molar-refractivity contribution in [2.75, 3.05) is 25.1 Å². The maximum Gasteiger partial charge on any atom is 2.00 e. The molecule has 0 spiro atoms. The van der Waals surface area contributed by atoms with Gasteiger partial charge in [0.1, 0.15) is 0 Å². The Bertz CT molecular complexity index is 312. The first kappa shape index (κ1) is 16.7. The fourth-order valence-electron chi connectivity index (χ4n) is 1.05. The zero-order valence-corrected chi connectivity index (χ0v) is 12.3. The SMILES string of the molecule is CN(CCO)c1ccc([N+]#N)cc1.[Cl-].[Zn+2]. The normalized spacial score (nSPS) is 8.07. The van der Waals surface area contributed by atoms with E-state index >= 15 is 0 Å². The summed E-state index contributed by atoms with van der Waals surface area (Å²) in [6.45, 7) is 0.720. The molecule has 0 radical (unpaired) electrons. The Morgan fingerprint density at radius 3 is 2.27 bits per heavy atom. The first-order chi connectivity index (χ1) is 6.27. The van der Waals surface area contributed by atoms with Crippen molar-refractivity contribution >= 4 is 11.4 Å². The van der Waals surface area contributed by atoms with Gasteiger partial charge in [-0.25, -0.2) is 0 Å². The van der Waals surface area contributed by atoms with Crippen LogP contribution >= 0.6 is 0 Å². The van der Waals surface area contributed by atoms with Crippen molar-refractivity contribution in [1.29, 1.82) is 5.39 Å². The maximum atomic E-state index is 8.70. The second kappa shape index (κ2) is 8.61. The number of halogens is 1. The molecule has 1 rings (SSSR count).